The van der Waals surface area contributed by atoms with Crippen LogP contribution in [0.15, 0.2) is 279 Å². The van der Waals surface area contributed by atoms with Gasteiger partial charge in [0.1, 0.15) is 0 Å². The molecule has 2 aromatic heterocycles. The summed E-state index contributed by atoms with van der Waals surface area (Å²) in [4.78, 5) is 20.5. The summed E-state index contributed by atoms with van der Waals surface area (Å²) in [6, 6.07) is 100. The Labute approximate surface area is 474 Å². The number of aromatic nitrogens is 4. The van der Waals surface area contributed by atoms with E-state index in [1.165, 1.54) is 89.0 Å². The topological polar surface area (TPSA) is 51.6 Å². The van der Waals surface area contributed by atoms with Gasteiger partial charge >= 0.3 is 0 Å². The predicted molar refractivity (Wildman–Crippen MR) is 332 cm³/mol. The molecule has 2 heterocycles. The molecule has 12 aromatic carbocycles. The van der Waals surface area contributed by atoms with Crippen molar-refractivity contribution in [2.45, 2.75) is 10.8 Å². The molecule has 4 nitrogen and oxygen atoms in total. The normalized spacial score (nSPS) is 13.8. The molecule has 18 rings (SSSR count). The lowest BCUT2D eigenvalue weighted by Crippen LogP contribution is -2.25. The van der Waals surface area contributed by atoms with Gasteiger partial charge < -0.3 is 0 Å². The number of benzene rings is 12. The first-order chi connectivity index (χ1) is 40.6. The molecule has 0 bridgehead atoms. The van der Waals surface area contributed by atoms with Crippen LogP contribution in [0.3, 0.4) is 0 Å². The Balaban J connectivity index is 0.728. The average molecular weight is 1040 g/mol. The first-order valence-electron chi connectivity index (χ1n) is 28.3. The van der Waals surface area contributed by atoms with E-state index in [1.54, 1.807) is 0 Å². The smallest absolute Gasteiger partial charge is 0.164 e. The van der Waals surface area contributed by atoms with Gasteiger partial charge in [-0.05, 0) is 141 Å². The molecule has 0 aliphatic heterocycles. The van der Waals surface area contributed by atoms with Crippen LogP contribution in [-0.4, -0.2) is 19.9 Å². The lowest BCUT2D eigenvalue weighted by Gasteiger charge is -2.30. The molecule has 0 saturated heterocycles. The molecule has 14 aromatic rings. The number of fused-ring (bicyclic) bond motifs is 23. The van der Waals surface area contributed by atoms with Crippen molar-refractivity contribution in [3.8, 4) is 101 Å². The second-order valence-electron chi connectivity index (χ2n) is 22.3. The minimum atomic E-state index is -0.374. The summed E-state index contributed by atoms with van der Waals surface area (Å²) in [6.07, 6.45) is 1.86. The van der Waals surface area contributed by atoms with E-state index in [2.05, 4.69) is 267 Å². The van der Waals surface area contributed by atoms with E-state index < -0.39 is 0 Å². The van der Waals surface area contributed by atoms with Crippen molar-refractivity contribution in [1.82, 2.24) is 19.9 Å². The highest BCUT2D eigenvalue weighted by Gasteiger charge is 2.53. The van der Waals surface area contributed by atoms with Crippen molar-refractivity contribution in [1.29, 1.82) is 0 Å². The molecular weight excluding hydrogens is 993 g/mol. The van der Waals surface area contributed by atoms with E-state index in [4.69, 9.17) is 19.9 Å². The molecule has 378 valence electrons. The second-order valence-corrected chi connectivity index (χ2v) is 22.3. The van der Waals surface area contributed by atoms with E-state index in [9.17, 15) is 0 Å². The van der Waals surface area contributed by atoms with E-state index in [0.29, 0.717) is 17.5 Å². The summed E-state index contributed by atoms with van der Waals surface area (Å²) in [5.74, 6) is 1.83. The highest BCUT2D eigenvalue weighted by molar-refractivity contribution is 6.06. The molecule has 4 heteroatoms. The van der Waals surface area contributed by atoms with Gasteiger partial charge in [-0.15, -0.1) is 0 Å². The highest BCUT2D eigenvalue weighted by atomic mass is 15.0. The molecule has 4 aliphatic carbocycles. The van der Waals surface area contributed by atoms with Crippen LogP contribution in [0.5, 0.6) is 0 Å². The Kier molecular flexibility index (Phi) is 9.33. The van der Waals surface area contributed by atoms with Crippen molar-refractivity contribution in [2.75, 3.05) is 0 Å². The van der Waals surface area contributed by atoms with Crippen LogP contribution in [0, 0.1) is 0 Å². The van der Waals surface area contributed by atoms with Crippen LogP contribution >= 0.6 is 0 Å². The minimum absolute atomic E-state index is 0.374. The second kappa shape index (κ2) is 16.9. The maximum Gasteiger partial charge on any atom is 0.164 e. The SMILES string of the molecule is c1ccc2c(c1)-c1ccccc1C21c2ccccc2-c2cc(-c3ccc(-c4nc(-c5ccc(-c6ccc7c(c6)-c6ccccc6C76c7ccccc7-c7ccccc76)cc5)nc(-c5ccc6c(ccc7cccnc76)c5)n4)cc3)ccc21. The summed E-state index contributed by atoms with van der Waals surface area (Å²) in [5, 5.41) is 3.28. The third-order valence-electron chi connectivity index (χ3n) is 18.4. The molecule has 0 saturated carbocycles. The average Bonchev–Trinajstić information content (AvgIpc) is 1.84. The highest BCUT2D eigenvalue weighted by Crippen LogP contribution is 2.64. The number of pyridine rings is 1. The van der Waals surface area contributed by atoms with Gasteiger partial charge in [-0.1, -0.05) is 249 Å². The molecule has 0 N–H and O–H groups in total. The minimum Gasteiger partial charge on any atom is -0.256 e. The van der Waals surface area contributed by atoms with Crippen LogP contribution in [0.2, 0.25) is 0 Å². The molecule has 4 aliphatic rings. The first-order valence-corrected chi connectivity index (χ1v) is 28.3. The summed E-state index contributed by atoms with van der Waals surface area (Å²) >= 11 is 0. The van der Waals surface area contributed by atoms with Crippen LogP contribution < -0.4 is 0 Å². The van der Waals surface area contributed by atoms with Gasteiger partial charge in [0.15, 0.2) is 17.5 Å². The molecular formula is C78H46N4. The zero-order valence-corrected chi connectivity index (χ0v) is 44.3. The Morgan fingerprint density at radius 1 is 0.220 bits per heavy atom. The fourth-order valence-electron chi connectivity index (χ4n) is 15.0. The molecule has 82 heavy (non-hydrogen) atoms. The monoisotopic (exact) mass is 1040 g/mol. The Bertz CT molecular complexity index is 4710. The first kappa shape index (κ1) is 45.2. The van der Waals surface area contributed by atoms with Gasteiger partial charge in [-0.25, -0.2) is 15.0 Å². The summed E-state index contributed by atoms with van der Waals surface area (Å²) in [6.45, 7) is 0. The fraction of sp³-hybridized carbons (Fsp3) is 0.0256. The number of hydrogen-bond donors (Lipinski definition) is 0. The van der Waals surface area contributed by atoms with E-state index in [1.807, 2.05) is 12.3 Å². The van der Waals surface area contributed by atoms with Gasteiger partial charge in [0.2, 0.25) is 0 Å². The largest absolute Gasteiger partial charge is 0.256 e. The lowest BCUT2D eigenvalue weighted by atomic mass is 9.70. The molecule has 0 radical (unpaired) electrons. The van der Waals surface area contributed by atoms with Gasteiger partial charge in [-0.3, -0.25) is 4.98 Å². The summed E-state index contributed by atoms with van der Waals surface area (Å²) in [5.41, 5.74) is 28.6. The Morgan fingerprint density at radius 2 is 0.549 bits per heavy atom. The predicted octanol–water partition coefficient (Wildman–Crippen LogP) is 18.6. The van der Waals surface area contributed by atoms with Crippen molar-refractivity contribution in [2.24, 2.45) is 0 Å². The number of hydrogen-bond acceptors (Lipinski definition) is 4. The van der Waals surface area contributed by atoms with Crippen LogP contribution in [0.1, 0.15) is 44.5 Å². The van der Waals surface area contributed by atoms with Crippen LogP contribution in [0.4, 0.5) is 0 Å². The fourth-order valence-corrected chi connectivity index (χ4v) is 15.0. The zero-order valence-electron chi connectivity index (χ0n) is 44.3. The third-order valence-corrected chi connectivity index (χ3v) is 18.4. The van der Waals surface area contributed by atoms with Crippen molar-refractivity contribution in [3.63, 3.8) is 0 Å². The maximum absolute atomic E-state index is 5.27. The van der Waals surface area contributed by atoms with Crippen LogP contribution in [-0.2, 0) is 10.8 Å². The molecule has 0 amide bonds. The van der Waals surface area contributed by atoms with Crippen molar-refractivity contribution in [3.05, 3.63) is 324 Å². The zero-order chi connectivity index (χ0) is 53.7. The maximum atomic E-state index is 5.27. The lowest BCUT2D eigenvalue weighted by molar-refractivity contribution is 0.794. The van der Waals surface area contributed by atoms with Crippen molar-refractivity contribution >= 4 is 21.7 Å². The van der Waals surface area contributed by atoms with Crippen LogP contribution in [0.25, 0.3) is 123 Å². The standard InChI is InChI=1S/C78H46N4/c1-7-21-65-57(15-1)58-16-2-8-22-66(58)77(65)69-25-11-5-19-61(69)63-45-52(38-41-71(63)77)47-27-32-50(33-28-47)74-80-75(82-76(81-74)55-37-40-56-54(44-55)36-31-49-14-13-43-79-73(49)56)51-34-29-48(30-35-51)53-39-42-72-64(46-53)62-20-6-12-26-70(62)78(72)67-23-9-3-17-59(67)60-18-4-10-24-68(60)78/h1-46H. The quantitative estimate of drug-likeness (QED) is 0.161. The van der Waals surface area contributed by atoms with E-state index in [0.717, 1.165) is 60.6 Å². The Hall–Kier alpha value is -10.7. The number of rotatable bonds is 5. The third kappa shape index (κ3) is 6.10. The van der Waals surface area contributed by atoms with E-state index in [-0.39, 0.29) is 10.8 Å². The summed E-state index contributed by atoms with van der Waals surface area (Å²) < 4.78 is 0. The number of nitrogens with zero attached hydrogens (tertiary/aromatic N) is 4. The van der Waals surface area contributed by atoms with Gasteiger partial charge in [0.25, 0.3) is 0 Å². The molecule has 2 spiro atoms. The van der Waals surface area contributed by atoms with Gasteiger partial charge in [0, 0.05) is 33.7 Å². The van der Waals surface area contributed by atoms with Gasteiger partial charge in [-0.2, -0.15) is 0 Å². The van der Waals surface area contributed by atoms with Gasteiger partial charge in [0.05, 0.1) is 16.3 Å². The van der Waals surface area contributed by atoms with E-state index >= 15 is 0 Å². The molecule has 0 fully saturated rings. The van der Waals surface area contributed by atoms with Crippen molar-refractivity contribution < 1.29 is 0 Å². The molecule has 0 atom stereocenters. The molecule has 0 unspecified atom stereocenters. The summed E-state index contributed by atoms with van der Waals surface area (Å²) in [7, 11) is 0. The Morgan fingerprint density at radius 3 is 0.976 bits per heavy atom.